The van der Waals surface area contributed by atoms with Gasteiger partial charge in [-0.25, -0.2) is 4.79 Å². The third kappa shape index (κ3) is 5.89. The molecule has 1 fully saturated rings. The average molecular weight is 383 g/mol. The van der Waals surface area contributed by atoms with Gasteiger partial charge in [0.1, 0.15) is 18.1 Å². The molecule has 3 rings (SSSR count). The van der Waals surface area contributed by atoms with E-state index >= 15 is 0 Å². The fourth-order valence-electron chi connectivity index (χ4n) is 3.25. The zero-order valence-electron chi connectivity index (χ0n) is 16.7. The molecule has 0 bridgehead atoms. The molecule has 0 atom stereocenters. The van der Waals surface area contributed by atoms with Gasteiger partial charge in [0.2, 0.25) is 0 Å². The van der Waals surface area contributed by atoms with E-state index in [1.807, 2.05) is 41.3 Å². The molecule has 2 aromatic rings. The molecule has 1 aliphatic heterocycles. The summed E-state index contributed by atoms with van der Waals surface area (Å²) in [6.07, 6.45) is 0. The molecule has 0 saturated carbocycles. The van der Waals surface area contributed by atoms with Gasteiger partial charge in [0.25, 0.3) is 0 Å². The predicted molar refractivity (Wildman–Crippen MR) is 110 cm³/mol. The van der Waals surface area contributed by atoms with Crippen LogP contribution in [0.5, 0.6) is 11.5 Å². The minimum atomic E-state index is 0.00985. The molecule has 6 nitrogen and oxygen atoms in total. The summed E-state index contributed by atoms with van der Waals surface area (Å²) in [6.45, 7) is 7.31. The lowest BCUT2D eigenvalue weighted by atomic mass is 10.1. The van der Waals surface area contributed by atoms with E-state index < -0.39 is 0 Å². The van der Waals surface area contributed by atoms with Gasteiger partial charge >= 0.3 is 6.03 Å². The summed E-state index contributed by atoms with van der Waals surface area (Å²) >= 11 is 0. The number of aryl methyl sites for hydroxylation is 1. The summed E-state index contributed by atoms with van der Waals surface area (Å²) in [5, 5.41) is 3.02. The van der Waals surface area contributed by atoms with Crippen LogP contribution in [-0.4, -0.2) is 62.3 Å². The summed E-state index contributed by atoms with van der Waals surface area (Å²) in [5.74, 6) is 1.67. The van der Waals surface area contributed by atoms with Gasteiger partial charge in [-0.3, -0.25) is 4.90 Å². The molecule has 1 N–H and O–H groups in total. The Morgan fingerprint density at radius 3 is 2.43 bits per heavy atom. The minimum absolute atomic E-state index is 0.00985. The van der Waals surface area contributed by atoms with E-state index in [0.717, 1.165) is 49.8 Å². The number of carbonyl (C=O) groups is 1. The number of hydrogen-bond donors (Lipinski definition) is 1. The highest BCUT2D eigenvalue weighted by molar-refractivity contribution is 5.74. The van der Waals surface area contributed by atoms with E-state index in [2.05, 4.69) is 29.3 Å². The highest BCUT2D eigenvalue weighted by atomic mass is 16.5. The minimum Gasteiger partial charge on any atom is -0.497 e. The molecule has 2 aromatic carbocycles. The van der Waals surface area contributed by atoms with Crippen molar-refractivity contribution in [1.29, 1.82) is 0 Å². The number of urea groups is 1. The molecule has 150 valence electrons. The second-order valence-corrected chi connectivity index (χ2v) is 7.00. The first-order valence-corrected chi connectivity index (χ1v) is 9.71. The first-order valence-electron chi connectivity index (χ1n) is 9.71. The normalized spacial score (nSPS) is 14.6. The Balaban J connectivity index is 1.33. The lowest BCUT2D eigenvalue weighted by Gasteiger charge is -2.34. The monoisotopic (exact) mass is 383 g/mol. The summed E-state index contributed by atoms with van der Waals surface area (Å²) in [7, 11) is 1.65. The van der Waals surface area contributed by atoms with E-state index in [4.69, 9.17) is 9.47 Å². The Bertz CT molecular complexity index is 756. The Morgan fingerprint density at radius 2 is 1.75 bits per heavy atom. The van der Waals surface area contributed by atoms with Gasteiger partial charge in [-0.1, -0.05) is 29.8 Å². The predicted octanol–water partition coefficient (Wildman–Crippen LogP) is 2.91. The average Bonchev–Trinajstić information content (AvgIpc) is 2.73. The smallest absolute Gasteiger partial charge is 0.317 e. The molecule has 1 heterocycles. The molecule has 0 radical (unpaired) electrons. The van der Waals surface area contributed by atoms with Crippen LogP contribution in [0.15, 0.2) is 48.5 Å². The number of methoxy groups -OCH3 is 1. The highest BCUT2D eigenvalue weighted by Crippen LogP contribution is 2.17. The van der Waals surface area contributed by atoms with Crippen LogP contribution in [0.25, 0.3) is 0 Å². The number of amides is 2. The maximum atomic E-state index is 12.4. The second-order valence-electron chi connectivity index (χ2n) is 7.00. The molecule has 28 heavy (non-hydrogen) atoms. The van der Waals surface area contributed by atoms with Crippen molar-refractivity contribution in [3.8, 4) is 11.5 Å². The standard InChI is InChI=1S/C22H29N3O3/c1-18-4-3-5-19(16-18)17-23-22(26)25-12-10-24(11-13-25)14-15-28-21-8-6-20(27-2)7-9-21/h3-9,16H,10-15,17H2,1-2H3,(H,23,26). The SMILES string of the molecule is COc1ccc(OCCN2CCN(C(=O)NCc3cccc(C)c3)CC2)cc1. The zero-order valence-corrected chi connectivity index (χ0v) is 16.7. The second kappa shape index (κ2) is 9.99. The van der Waals surface area contributed by atoms with Gasteiger partial charge < -0.3 is 19.7 Å². The highest BCUT2D eigenvalue weighted by Gasteiger charge is 2.20. The molecule has 0 aliphatic carbocycles. The molecule has 6 heteroatoms. The maximum Gasteiger partial charge on any atom is 0.317 e. The Hall–Kier alpha value is -2.73. The molecule has 0 aromatic heterocycles. The summed E-state index contributed by atoms with van der Waals surface area (Å²) in [5.41, 5.74) is 2.33. The first kappa shape index (κ1) is 20.0. The van der Waals surface area contributed by atoms with Gasteiger partial charge in [0, 0.05) is 39.3 Å². The van der Waals surface area contributed by atoms with Crippen LogP contribution in [0.2, 0.25) is 0 Å². The Kier molecular flexibility index (Phi) is 7.14. The third-order valence-corrected chi connectivity index (χ3v) is 4.92. The number of hydrogen-bond acceptors (Lipinski definition) is 4. The van der Waals surface area contributed by atoms with Crippen molar-refractivity contribution >= 4 is 6.03 Å². The van der Waals surface area contributed by atoms with Crippen LogP contribution in [0, 0.1) is 6.92 Å². The molecule has 0 unspecified atom stereocenters. The van der Waals surface area contributed by atoms with E-state index in [1.54, 1.807) is 7.11 Å². The van der Waals surface area contributed by atoms with Crippen LogP contribution in [0.1, 0.15) is 11.1 Å². The van der Waals surface area contributed by atoms with Crippen molar-refractivity contribution in [3.05, 3.63) is 59.7 Å². The Labute approximate surface area is 167 Å². The van der Waals surface area contributed by atoms with Crippen LogP contribution < -0.4 is 14.8 Å². The van der Waals surface area contributed by atoms with Crippen LogP contribution in [-0.2, 0) is 6.54 Å². The molecular weight excluding hydrogens is 354 g/mol. The van der Waals surface area contributed by atoms with E-state index in [9.17, 15) is 4.79 Å². The first-order chi connectivity index (χ1) is 13.6. The zero-order chi connectivity index (χ0) is 19.8. The molecular formula is C22H29N3O3. The van der Waals surface area contributed by atoms with E-state index in [1.165, 1.54) is 5.56 Å². The third-order valence-electron chi connectivity index (χ3n) is 4.92. The summed E-state index contributed by atoms with van der Waals surface area (Å²) in [6, 6.07) is 15.8. The van der Waals surface area contributed by atoms with Gasteiger partial charge in [-0.05, 0) is 36.8 Å². The van der Waals surface area contributed by atoms with Crippen molar-refractivity contribution in [2.45, 2.75) is 13.5 Å². The molecule has 1 aliphatic rings. The van der Waals surface area contributed by atoms with Crippen molar-refractivity contribution in [2.24, 2.45) is 0 Å². The van der Waals surface area contributed by atoms with Gasteiger partial charge in [-0.2, -0.15) is 0 Å². The number of nitrogens with one attached hydrogen (secondary N) is 1. The number of benzene rings is 2. The van der Waals surface area contributed by atoms with Crippen molar-refractivity contribution < 1.29 is 14.3 Å². The fourth-order valence-corrected chi connectivity index (χ4v) is 3.25. The number of carbonyl (C=O) groups excluding carboxylic acids is 1. The summed E-state index contributed by atoms with van der Waals surface area (Å²) < 4.78 is 10.9. The quantitative estimate of drug-likeness (QED) is 0.799. The summed E-state index contributed by atoms with van der Waals surface area (Å²) in [4.78, 5) is 16.6. The van der Waals surface area contributed by atoms with Gasteiger partial charge in [0.15, 0.2) is 0 Å². The van der Waals surface area contributed by atoms with Gasteiger partial charge in [-0.15, -0.1) is 0 Å². The van der Waals surface area contributed by atoms with E-state index in [0.29, 0.717) is 13.2 Å². The van der Waals surface area contributed by atoms with E-state index in [-0.39, 0.29) is 6.03 Å². The lowest BCUT2D eigenvalue weighted by Crippen LogP contribution is -2.52. The van der Waals surface area contributed by atoms with Crippen LogP contribution in [0.3, 0.4) is 0 Å². The molecule has 2 amide bonds. The molecule has 0 spiro atoms. The fraction of sp³-hybridized carbons (Fsp3) is 0.409. The molecule has 1 saturated heterocycles. The Morgan fingerprint density at radius 1 is 1.04 bits per heavy atom. The topological polar surface area (TPSA) is 54.0 Å². The van der Waals surface area contributed by atoms with Crippen LogP contribution >= 0.6 is 0 Å². The number of piperazine rings is 1. The van der Waals surface area contributed by atoms with Crippen molar-refractivity contribution in [3.63, 3.8) is 0 Å². The van der Waals surface area contributed by atoms with Crippen LogP contribution in [0.4, 0.5) is 4.79 Å². The largest absolute Gasteiger partial charge is 0.497 e. The number of rotatable bonds is 7. The lowest BCUT2D eigenvalue weighted by molar-refractivity contribution is 0.126. The maximum absolute atomic E-state index is 12.4. The van der Waals surface area contributed by atoms with Crippen molar-refractivity contribution in [2.75, 3.05) is 46.4 Å². The number of nitrogens with zero attached hydrogens (tertiary/aromatic N) is 2. The number of ether oxygens (including phenoxy) is 2. The van der Waals surface area contributed by atoms with Crippen molar-refractivity contribution in [1.82, 2.24) is 15.1 Å². The van der Waals surface area contributed by atoms with Gasteiger partial charge in [0.05, 0.1) is 7.11 Å².